The van der Waals surface area contributed by atoms with Crippen LogP contribution in [0.3, 0.4) is 0 Å². The highest BCUT2D eigenvalue weighted by molar-refractivity contribution is 5.65. The highest BCUT2D eigenvalue weighted by atomic mass is 16.7. The van der Waals surface area contributed by atoms with Crippen molar-refractivity contribution >= 4 is 5.97 Å². The lowest BCUT2D eigenvalue weighted by Crippen LogP contribution is -2.30. The number of carbonyl (C=O) groups excluding carboxylic acids is 1. The summed E-state index contributed by atoms with van der Waals surface area (Å²) in [5.74, 6) is -0.354. The van der Waals surface area contributed by atoms with Gasteiger partial charge in [-0.1, -0.05) is 0 Å². The van der Waals surface area contributed by atoms with Gasteiger partial charge in [0.25, 0.3) is 0 Å². The van der Waals surface area contributed by atoms with Gasteiger partial charge >= 0.3 is 5.97 Å². The molecule has 0 aromatic carbocycles. The molecule has 0 N–H and O–H groups in total. The van der Waals surface area contributed by atoms with Crippen LogP contribution < -0.4 is 0 Å². The third kappa shape index (κ3) is 1.92. The van der Waals surface area contributed by atoms with Crippen molar-refractivity contribution in [3.8, 4) is 6.07 Å². The molecule has 0 aliphatic carbocycles. The van der Waals surface area contributed by atoms with E-state index in [4.69, 9.17) is 10.1 Å². The Labute approximate surface area is 65.3 Å². The number of hydroxylamine groups is 2. The lowest BCUT2D eigenvalue weighted by atomic mass is 10.2. The molecule has 1 aliphatic heterocycles. The third-order valence-electron chi connectivity index (χ3n) is 1.60. The predicted molar refractivity (Wildman–Crippen MR) is 37.1 cm³/mol. The van der Waals surface area contributed by atoms with E-state index in [-0.39, 0.29) is 12.0 Å². The number of hydrogen-bond acceptors (Lipinski definition) is 4. The molecule has 1 atom stereocenters. The zero-order chi connectivity index (χ0) is 8.27. The first-order chi connectivity index (χ1) is 5.24. The molecule has 0 amide bonds. The van der Waals surface area contributed by atoms with Crippen LogP contribution >= 0.6 is 0 Å². The Hall–Kier alpha value is -1.08. The van der Waals surface area contributed by atoms with Gasteiger partial charge in [-0.2, -0.15) is 5.26 Å². The van der Waals surface area contributed by atoms with Crippen molar-refractivity contribution in [3.05, 3.63) is 0 Å². The molecule has 11 heavy (non-hydrogen) atoms. The average molecular weight is 154 g/mol. The Balaban J connectivity index is 2.45. The van der Waals surface area contributed by atoms with E-state index in [0.717, 1.165) is 12.8 Å². The van der Waals surface area contributed by atoms with Crippen LogP contribution in [-0.2, 0) is 9.63 Å². The van der Waals surface area contributed by atoms with E-state index in [1.54, 1.807) is 0 Å². The molecule has 0 unspecified atom stereocenters. The van der Waals surface area contributed by atoms with Gasteiger partial charge in [-0.15, -0.1) is 5.06 Å². The molecule has 0 radical (unpaired) electrons. The molecule has 60 valence electrons. The molecular weight excluding hydrogens is 144 g/mol. The number of nitriles is 1. The summed E-state index contributed by atoms with van der Waals surface area (Å²) in [5, 5.41) is 10.0. The maximum atomic E-state index is 10.5. The minimum absolute atomic E-state index is 0.237. The quantitative estimate of drug-likeness (QED) is 0.550. The van der Waals surface area contributed by atoms with E-state index in [1.807, 2.05) is 0 Å². The topological polar surface area (TPSA) is 53.3 Å². The molecule has 0 aromatic rings. The Morgan fingerprint density at radius 2 is 2.55 bits per heavy atom. The van der Waals surface area contributed by atoms with Crippen LogP contribution in [0.25, 0.3) is 0 Å². The van der Waals surface area contributed by atoms with E-state index < -0.39 is 0 Å². The summed E-state index contributed by atoms with van der Waals surface area (Å²) in [7, 11) is 0. The zero-order valence-electron chi connectivity index (χ0n) is 6.41. The van der Waals surface area contributed by atoms with Gasteiger partial charge in [0.15, 0.2) is 0 Å². The first-order valence-electron chi connectivity index (χ1n) is 3.59. The van der Waals surface area contributed by atoms with Crippen LogP contribution in [-0.4, -0.2) is 23.6 Å². The van der Waals surface area contributed by atoms with E-state index in [1.165, 1.54) is 12.0 Å². The van der Waals surface area contributed by atoms with Gasteiger partial charge in [0.2, 0.25) is 0 Å². The van der Waals surface area contributed by atoms with E-state index in [9.17, 15) is 4.79 Å². The van der Waals surface area contributed by atoms with Gasteiger partial charge in [-0.05, 0) is 12.8 Å². The molecule has 4 nitrogen and oxygen atoms in total. The summed E-state index contributed by atoms with van der Waals surface area (Å²) in [4.78, 5) is 15.3. The highest BCUT2D eigenvalue weighted by Crippen LogP contribution is 2.16. The van der Waals surface area contributed by atoms with Crippen molar-refractivity contribution in [2.45, 2.75) is 25.8 Å². The molecule has 4 heteroatoms. The second kappa shape index (κ2) is 3.35. The first-order valence-corrected chi connectivity index (χ1v) is 3.59. The fourth-order valence-electron chi connectivity index (χ4n) is 1.14. The van der Waals surface area contributed by atoms with Crippen LogP contribution in [0.2, 0.25) is 0 Å². The highest BCUT2D eigenvalue weighted by Gasteiger charge is 2.26. The maximum absolute atomic E-state index is 10.5. The van der Waals surface area contributed by atoms with E-state index in [0.29, 0.717) is 6.54 Å². The van der Waals surface area contributed by atoms with Crippen molar-refractivity contribution < 1.29 is 9.63 Å². The molecule has 0 saturated carbocycles. The van der Waals surface area contributed by atoms with Crippen molar-refractivity contribution in [3.63, 3.8) is 0 Å². The van der Waals surface area contributed by atoms with Crippen molar-refractivity contribution in [1.82, 2.24) is 5.06 Å². The summed E-state index contributed by atoms with van der Waals surface area (Å²) in [6, 6.07) is 1.83. The van der Waals surface area contributed by atoms with Gasteiger partial charge in [-0.3, -0.25) is 4.79 Å². The normalized spacial score (nSPS) is 24.5. The molecule has 1 saturated heterocycles. The van der Waals surface area contributed by atoms with Crippen LogP contribution in [0.4, 0.5) is 0 Å². The standard InChI is InChI=1S/C7H10N2O2/c1-6(10)11-9-4-2-3-7(9)5-8/h7H,2-4H2,1H3/t7-/m0/s1. The summed E-state index contributed by atoms with van der Waals surface area (Å²) in [6.07, 6.45) is 1.72. The minimum Gasteiger partial charge on any atom is -0.367 e. The molecule has 0 bridgehead atoms. The fraction of sp³-hybridized carbons (Fsp3) is 0.714. The zero-order valence-corrected chi connectivity index (χ0v) is 6.41. The van der Waals surface area contributed by atoms with Crippen molar-refractivity contribution in [1.29, 1.82) is 5.26 Å². The molecule has 1 heterocycles. The lowest BCUT2D eigenvalue weighted by Gasteiger charge is -2.16. The second-order valence-electron chi connectivity index (χ2n) is 2.51. The van der Waals surface area contributed by atoms with Gasteiger partial charge in [0, 0.05) is 13.5 Å². The molecule has 1 rings (SSSR count). The second-order valence-corrected chi connectivity index (χ2v) is 2.51. The maximum Gasteiger partial charge on any atom is 0.322 e. The van der Waals surface area contributed by atoms with Gasteiger partial charge in [0.05, 0.1) is 6.07 Å². The Kier molecular flexibility index (Phi) is 2.44. The monoisotopic (exact) mass is 154 g/mol. The molecule has 0 spiro atoms. The number of rotatable bonds is 1. The third-order valence-corrected chi connectivity index (χ3v) is 1.60. The average Bonchev–Trinajstić information content (AvgIpc) is 2.34. The van der Waals surface area contributed by atoms with Crippen molar-refractivity contribution in [2.24, 2.45) is 0 Å². The van der Waals surface area contributed by atoms with Gasteiger partial charge in [-0.25, -0.2) is 0 Å². The van der Waals surface area contributed by atoms with Crippen LogP contribution in [0, 0.1) is 11.3 Å². The van der Waals surface area contributed by atoms with E-state index in [2.05, 4.69) is 6.07 Å². The molecular formula is C7H10N2O2. The lowest BCUT2D eigenvalue weighted by molar-refractivity contribution is -0.187. The first kappa shape index (κ1) is 8.02. The smallest absolute Gasteiger partial charge is 0.322 e. The molecule has 1 aliphatic rings. The Morgan fingerprint density at radius 1 is 1.82 bits per heavy atom. The number of carbonyl (C=O) groups is 1. The summed E-state index contributed by atoms with van der Waals surface area (Å²) in [6.45, 7) is 2.02. The van der Waals surface area contributed by atoms with Gasteiger partial charge < -0.3 is 4.84 Å². The summed E-state index contributed by atoms with van der Waals surface area (Å²) < 4.78 is 0. The molecule has 1 fully saturated rings. The van der Waals surface area contributed by atoms with Crippen LogP contribution in [0.5, 0.6) is 0 Å². The fourth-order valence-corrected chi connectivity index (χ4v) is 1.14. The Morgan fingerprint density at radius 3 is 3.09 bits per heavy atom. The number of hydrogen-bond donors (Lipinski definition) is 0. The minimum atomic E-state index is -0.354. The van der Waals surface area contributed by atoms with E-state index >= 15 is 0 Å². The molecule has 0 aromatic heterocycles. The van der Waals surface area contributed by atoms with Gasteiger partial charge in [0.1, 0.15) is 6.04 Å². The van der Waals surface area contributed by atoms with Crippen LogP contribution in [0.15, 0.2) is 0 Å². The van der Waals surface area contributed by atoms with Crippen molar-refractivity contribution in [2.75, 3.05) is 6.54 Å². The van der Waals surface area contributed by atoms with Crippen LogP contribution in [0.1, 0.15) is 19.8 Å². The SMILES string of the molecule is CC(=O)ON1CCC[C@H]1C#N. The summed E-state index contributed by atoms with van der Waals surface area (Å²) >= 11 is 0. The number of nitrogens with zero attached hydrogens (tertiary/aromatic N) is 2. The largest absolute Gasteiger partial charge is 0.367 e. The predicted octanol–water partition coefficient (Wildman–Crippen LogP) is 0.452. The Bertz CT molecular complexity index is 197. The summed E-state index contributed by atoms with van der Waals surface area (Å²) in [5.41, 5.74) is 0.